The molecule has 0 spiro atoms. The molecule has 0 bridgehead atoms. The second kappa shape index (κ2) is 10.3. The number of anilines is 1. The van der Waals surface area contributed by atoms with E-state index in [1.165, 1.54) is 43.4 Å². The monoisotopic (exact) mass is 529 g/mol. The Balaban J connectivity index is 0.00000264. The first kappa shape index (κ1) is 25.4. The van der Waals surface area contributed by atoms with E-state index in [9.17, 15) is 0 Å². The van der Waals surface area contributed by atoms with Crippen molar-refractivity contribution in [3.63, 3.8) is 0 Å². The molecule has 2 aliphatic carbocycles. The highest BCUT2D eigenvalue weighted by atomic mass is 35.5. The number of halogens is 1. The summed E-state index contributed by atoms with van der Waals surface area (Å²) in [6.07, 6.45) is 8.30. The van der Waals surface area contributed by atoms with Gasteiger partial charge in [-0.2, -0.15) is 0 Å². The van der Waals surface area contributed by atoms with E-state index in [-0.39, 0.29) is 17.9 Å². The Labute approximate surface area is 230 Å². The highest BCUT2D eigenvalue weighted by molar-refractivity contribution is 5.85. The third kappa shape index (κ3) is 4.49. The minimum Gasteiger partial charge on any atom is -0.378 e. The van der Waals surface area contributed by atoms with Crippen LogP contribution in [0.1, 0.15) is 62.3 Å². The van der Waals surface area contributed by atoms with Crippen LogP contribution in [0.5, 0.6) is 0 Å². The van der Waals surface area contributed by atoms with Gasteiger partial charge in [0.1, 0.15) is 11.3 Å². The zero-order chi connectivity index (χ0) is 24.8. The molecule has 2 saturated carbocycles. The van der Waals surface area contributed by atoms with Gasteiger partial charge in [-0.1, -0.05) is 37.1 Å². The van der Waals surface area contributed by atoms with E-state index in [0.29, 0.717) is 5.92 Å². The number of rotatable bonds is 5. The quantitative estimate of drug-likeness (QED) is 0.326. The summed E-state index contributed by atoms with van der Waals surface area (Å²) in [5, 5.41) is 0. The van der Waals surface area contributed by atoms with Crippen molar-refractivity contribution in [1.82, 2.24) is 14.5 Å². The Morgan fingerprint density at radius 3 is 2.32 bits per heavy atom. The fraction of sp³-hybridized carbons (Fsp3) is 0.419. The first-order valence-corrected chi connectivity index (χ1v) is 13.9. The fourth-order valence-electron chi connectivity index (χ4n) is 6.32. The lowest BCUT2D eigenvalue weighted by molar-refractivity contribution is 0.122. The third-order valence-corrected chi connectivity index (χ3v) is 8.72. The summed E-state index contributed by atoms with van der Waals surface area (Å²) in [6, 6.07) is 21.9. The van der Waals surface area contributed by atoms with Gasteiger partial charge in [0.25, 0.3) is 0 Å². The van der Waals surface area contributed by atoms with E-state index in [2.05, 4.69) is 70.1 Å². The molecule has 0 radical (unpaired) electrons. The van der Waals surface area contributed by atoms with Crippen molar-refractivity contribution in [2.75, 3.05) is 31.2 Å². The average Bonchev–Trinajstić information content (AvgIpc) is 3.60. The summed E-state index contributed by atoms with van der Waals surface area (Å²) in [5.41, 5.74) is 14.1. The van der Waals surface area contributed by atoms with Gasteiger partial charge in [0, 0.05) is 41.5 Å². The summed E-state index contributed by atoms with van der Waals surface area (Å²) < 4.78 is 7.86. The number of nitrogens with two attached hydrogens (primary N) is 1. The second-order valence-electron chi connectivity index (χ2n) is 11.0. The van der Waals surface area contributed by atoms with Crippen molar-refractivity contribution < 1.29 is 4.74 Å². The number of hydrogen-bond acceptors (Lipinski definition) is 5. The summed E-state index contributed by atoms with van der Waals surface area (Å²) in [6.45, 7) is 3.41. The Kier molecular flexibility index (Phi) is 6.89. The number of pyridine rings is 1. The molecule has 1 aliphatic heterocycles. The van der Waals surface area contributed by atoms with Crippen molar-refractivity contribution >= 4 is 29.3 Å². The van der Waals surface area contributed by atoms with Crippen LogP contribution >= 0.6 is 12.4 Å². The van der Waals surface area contributed by atoms with Crippen molar-refractivity contribution in [2.45, 2.75) is 56.4 Å². The van der Waals surface area contributed by atoms with Crippen LogP contribution in [0.4, 0.5) is 5.69 Å². The third-order valence-electron chi connectivity index (χ3n) is 8.72. The van der Waals surface area contributed by atoms with E-state index >= 15 is 0 Å². The number of imidazole rings is 1. The average molecular weight is 530 g/mol. The van der Waals surface area contributed by atoms with Gasteiger partial charge < -0.3 is 15.4 Å². The van der Waals surface area contributed by atoms with Crippen molar-refractivity contribution in [3.05, 3.63) is 72.1 Å². The predicted octanol–water partition coefficient (Wildman–Crippen LogP) is 6.34. The largest absolute Gasteiger partial charge is 0.378 e. The molecule has 38 heavy (non-hydrogen) atoms. The zero-order valence-corrected chi connectivity index (χ0v) is 22.6. The number of ether oxygens (including phenoxy) is 1. The van der Waals surface area contributed by atoms with E-state index in [4.69, 9.17) is 20.4 Å². The minimum absolute atomic E-state index is 0. The minimum atomic E-state index is -0.152. The lowest BCUT2D eigenvalue weighted by Gasteiger charge is -2.38. The lowest BCUT2D eigenvalue weighted by atomic mass is 9.73. The Morgan fingerprint density at radius 1 is 0.842 bits per heavy atom. The molecule has 7 heteroatoms. The fourth-order valence-corrected chi connectivity index (χ4v) is 6.32. The van der Waals surface area contributed by atoms with E-state index in [1.807, 2.05) is 0 Å². The SMILES string of the molecule is Cl.NC1(c2ccc(-n3c(C4CCCC4)nc4ccc(-c5cccc(N6CCOCC6)c5)nc43)cc2)CCC1. The van der Waals surface area contributed by atoms with Crippen LogP contribution in [0.2, 0.25) is 0 Å². The molecule has 1 saturated heterocycles. The van der Waals surface area contributed by atoms with Crippen molar-refractivity contribution in [2.24, 2.45) is 5.73 Å². The molecule has 0 amide bonds. The highest BCUT2D eigenvalue weighted by Crippen LogP contribution is 2.40. The van der Waals surface area contributed by atoms with Gasteiger partial charge in [-0.25, -0.2) is 9.97 Å². The van der Waals surface area contributed by atoms with Crippen molar-refractivity contribution in [1.29, 1.82) is 0 Å². The van der Waals surface area contributed by atoms with Crippen LogP contribution in [-0.2, 0) is 10.3 Å². The van der Waals surface area contributed by atoms with Gasteiger partial charge >= 0.3 is 0 Å². The summed E-state index contributed by atoms with van der Waals surface area (Å²) in [7, 11) is 0. The molecule has 2 aromatic carbocycles. The Hall–Kier alpha value is -2.93. The molecule has 0 unspecified atom stereocenters. The van der Waals surface area contributed by atoms with Crippen LogP contribution in [-0.4, -0.2) is 40.8 Å². The molecule has 0 atom stereocenters. The summed E-state index contributed by atoms with van der Waals surface area (Å²) in [4.78, 5) is 12.8. The Bertz CT molecular complexity index is 1420. The Morgan fingerprint density at radius 2 is 1.61 bits per heavy atom. The molecule has 3 heterocycles. The first-order chi connectivity index (χ1) is 18.2. The maximum atomic E-state index is 6.62. The molecule has 4 aromatic rings. The normalized spacial score (nSPS) is 19.3. The van der Waals surface area contributed by atoms with Gasteiger partial charge in [0.05, 0.1) is 18.9 Å². The number of fused-ring (bicyclic) bond motifs is 1. The van der Waals surface area contributed by atoms with Gasteiger partial charge in [0.2, 0.25) is 0 Å². The number of hydrogen-bond donors (Lipinski definition) is 1. The number of nitrogens with zero attached hydrogens (tertiary/aromatic N) is 4. The second-order valence-corrected chi connectivity index (χ2v) is 11.0. The predicted molar refractivity (Wildman–Crippen MR) is 156 cm³/mol. The maximum absolute atomic E-state index is 6.62. The van der Waals surface area contributed by atoms with Crippen LogP contribution in [0.15, 0.2) is 60.7 Å². The first-order valence-electron chi connectivity index (χ1n) is 13.9. The van der Waals surface area contributed by atoms with E-state index < -0.39 is 0 Å². The number of aromatic nitrogens is 3. The molecule has 2 aromatic heterocycles. The van der Waals surface area contributed by atoms with Gasteiger partial charge in [0.15, 0.2) is 5.65 Å². The van der Waals surface area contributed by atoms with Gasteiger partial charge in [-0.15, -0.1) is 12.4 Å². The standard InChI is InChI=1S/C31H35N5O.ClH/c32-31(15-4-16-31)24-9-11-25(12-10-24)36-29(22-5-1-2-6-22)34-28-14-13-27(33-30(28)36)23-7-3-8-26(21-23)35-17-19-37-20-18-35;/h3,7-14,21-22H,1-2,4-6,15-20,32H2;1H. The molecule has 7 rings (SSSR count). The zero-order valence-electron chi connectivity index (χ0n) is 21.8. The van der Waals surface area contributed by atoms with Crippen molar-refractivity contribution in [3.8, 4) is 16.9 Å². The van der Waals surface area contributed by atoms with Crippen LogP contribution in [0, 0.1) is 0 Å². The van der Waals surface area contributed by atoms with Crippen LogP contribution < -0.4 is 10.6 Å². The number of benzene rings is 2. The molecule has 3 fully saturated rings. The van der Waals surface area contributed by atoms with Crippen LogP contribution in [0.3, 0.4) is 0 Å². The van der Waals surface area contributed by atoms with E-state index in [0.717, 1.165) is 73.1 Å². The van der Waals surface area contributed by atoms with E-state index in [1.54, 1.807) is 0 Å². The molecule has 2 N–H and O–H groups in total. The van der Waals surface area contributed by atoms with Gasteiger partial charge in [-0.3, -0.25) is 4.57 Å². The molecule has 3 aliphatic rings. The summed E-state index contributed by atoms with van der Waals surface area (Å²) in [5.74, 6) is 1.63. The molecular formula is C31H36ClN5O. The lowest BCUT2D eigenvalue weighted by Crippen LogP contribution is -2.43. The molecule has 198 valence electrons. The smallest absolute Gasteiger partial charge is 0.165 e. The highest BCUT2D eigenvalue weighted by Gasteiger charge is 2.34. The number of morpholine rings is 1. The maximum Gasteiger partial charge on any atom is 0.165 e. The molecular weight excluding hydrogens is 494 g/mol. The summed E-state index contributed by atoms with van der Waals surface area (Å²) >= 11 is 0. The molecule has 6 nitrogen and oxygen atoms in total. The van der Waals surface area contributed by atoms with Gasteiger partial charge in [-0.05, 0) is 74.1 Å². The topological polar surface area (TPSA) is 69.2 Å². The van der Waals surface area contributed by atoms with Crippen LogP contribution in [0.25, 0.3) is 28.1 Å².